The predicted molar refractivity (Wildman–Crippen MR) is 52.6 cm³/mol. The van der Waals surface area contributed by atoms with Crippen LogP contribution in [0, 0.1) is 0 Å². The second-order valence-electron chi connectivity index (χ2n) is 4.54. The normalized spacial score (nSPS) is 17.9. The molecule has 0 aliphatic rings. The van der Waals surface area contributed by atoms with Crippen molar-refractivity contribution >= 4 is 10.1 Å². The van der Waals surface area contributed by atoms with Gasteiger partial charge in [0.2, 0.25) is 0 Å². The second-order valence-corrected chi connectivity index (χ2v) is 5.99. The van der Waals surface area contributed by atoms with E-state index in [1.165, 1.54) is 6.92 Å². The average Bonchev–Trinajstić information content (AvgIpc) is 1.76. The van der Waals surface area contributed by atoms with Gasteiger partial charge in [-0.3, -0.25) is 4.55 Å². The quantitative estimate of drug-likeness (QED) is 0.581. The highest BCUT2D eigenvalue weighted by Gasteiger charge is 2.29. The Bertz CT molecular complexity index is 273. The molecule has 0 fully saturated rings. The molecule has 0 aromatic rings. The van der Waals surface area contributed by atoms with Crippen LogP contribution in [0.3, 0.4) is 0 Å². The van der Waals surface area contributed by atoms with Crippen LogP contribution in [-0.4, -0.2) is 40.1 Å². The first-order valence-corrected chi connectivity index (χ1v) is 5.92. The molecule has 1 atom stereocenters. The fourth-order valence-electron chi connectivity index (χ4n) is 1.04. The molecule has 6 heteroatoms. The van der Waals surface area contributed by atoms with Gasteiger partial charge in [-0.1, -0.05) is 0 Å². The fourth-order valence-corrected chi connectivity index (χ4v) is 1.97. The Morgan fingerprint density at radius 3 is 1.79 bits per heavy atom. The van der Waals surface area contributed by atoms with Gasteiger partial charge in [0.25, 0.3) is 10.1 Å². The van der Waals surface area contributed by atoms with Gasteiger partial charge in [0.05, 0.1) is 11.2 Å². The van der Waals surface area contributed by atoms with E-state index in [2.05, 4.69) is 0 Å². The molecule has 1 unspecified atom stereocenters. The van der Waals surface area contributed by atoms with E-state index in [-0.39, 0.29) is 12.8 Å². The molecule has 3 N–H and O–H groups in total. The first-order valence-electron chi connectivity index (χ1n) is 4.31. The van der Waals surface area contributed by atoms with Crippen LogP contribution in [0.25, 0.3) is 0 Å². The number of hydrogen-bond donors (Lipinski definition) is 3. The molecule has 0 bridgehead atoms. The topological polar surface area (TPSA) is 94.8 Å². The van der Waals surface area contributed by atoms with Crippen LogP contribution < -0.4 is 0 Å². The summed E-state index contributed by atoms with van der Waals surface area (Å²) >= 11 is 0. The van der Waals surface area contributed by atoms with Gasteiger partial charge in [-0.2, -0.15) is 8.42 Å². The van der Waals surface area contributed by atoms with Crippen molar-refractivity contribution in [3.05, 3.63) is 0 Å². The molecule has 0 heterocycles. The highest BCUT2D eigenvalue weighted by atomic mass is 32.2. The molecular weight excluding hydrogens is 208 g/mol. The van der Waals surface area contributed by atoms with E-state index in [1.54, 1.807) is 13.8 Å². The van der Waals surface area contributed by atoms with Gasteiger partial charge >= 0.3 is 0 Å². The summed E-state index contributed by atoms with van der Waals surface area (Å²) < 4.78 is 29.5. The molecule has 0 aromatic carbocycles. The summed E-state index contributed by atoms with van der Waals surface area (Å²) in [7, 11) is -4.18. The Labute approximate surface area is 84.5 Å². The van der Waals surface area contributed by atoms with Gasteiger partial charge in [-0.25, -0.2) is 0 Å². The Morgan fingerprint density at radius 1 is 1.07 bits per heavy atom. The third-order valence-electron chi connectivity index (χ3n) is 1.77. The van der Waals surface area contributed by atoms with Crippen LogP contribution in [0.4, 0.5) is 0 Å². The predicted octanol–water partition coefficient (Wildman–Crippen LogP) is 0.176. The van der Waals surface area contributed by atoms with Crippen LogP contribution in [0.5, 0.6) is 0 Å². The highest BCUT2D eigenvalue weighted by molar-refractivity contribution is 7.85. The third-order valence-corrected chi connectivity index (χ3v) is 2.76. The molecule has 0 radical (unpaired) electrons. The maximum absolute atomic E-state index is 10.5. The third kappa shape index (κ3) is 8.43. The average molecular weight is 226 g/mol. The van der Waals surface area contributed by atoms with Crippen molar-refractivity contribution in [3.63, 3.8) is 0 Å². The molecular formula is C8H18O5S. The second kappa shape index (κ2) is 4.14. The molecule has 0 saturated heterocycles. The summed E-state index contributed by atoms with van der Waals surface area (Å²) in [4.78, 5) is 0. The van der Waals surface area contributed by atoms with E-state index in [4.69, 9.17) is 4.55 Å². The van der Waals surface area contributed by atoms with Crippen molar-refractivity contribution in [2.45, 2.75) is 44.8 Å². The van der Waals surface area contributed by atoms with Gasteiger partial charge in [-0.05, 0) is 33.6 Å². The zero-order valence-electron chi connectivity index (χ0n) is 8.69. The summed E-state index contributed by atoms with van der Waals surface area (Å²) in [5, 5.41) is 18.9. The lowest BCUT2D eigenvalue weighted by molar-refractivity contribution is 0.0179. The van der Waals surface area contributed by atoms with Gasteiger partial charge in [0.1, 0.15) is 5.75 Å². The minimum atomic E-state index is -4.18. The fraction of sp³-hybridized carbons (Fsp3) is 1.00. The van der Waals surface area contributed by atoms with Gasteiger partial charge in [0, 0.05) is 0 Å². The Morgan fingerprint density at radius 2 is 1.50 bits per heavy atom. The molecule has 0 rings (SSSR count). The van der Waals surface area contributed by atoms with Crippen LogP contribution >= 0.6 is 0 Å². The van der Waals surface area contributed by atoms with Crippen LogP contribution in [0.1, 0.15) is 33.6 Å². The van der Waals surface area contributed by atoms with Crippen molar-refractivity contribution in [2.24, 2.45) is 0 Å². The van der Waals surface area contributed by atoms with Crippen LogP contribution in [-0.2, 0) is 10.1 Å². The van der Waals surface area contributed by atoms with E-state index in [1.807, 2.05) is 0 Å². The highest BCUT2D eigenvalue weighted by Crippen LogP contribution is 2.20. The first-order chi connectivity index (χ1) is 5.91. The van der Waals surface area contributed by atoms with Gasteiger partial charge in [0.15, 0.2) is 0 Å². The molecule has 14 heavy (non-hydrogen) atoms. The molecule has 0 aromatic heterocycles. The van der Waals surface area contributed by atoms with Crippen molar-refractivity contribution in [1.29, 1.82) is 0 Å². The summed E-state index contributed by atoms with van der Waals surface area (Å²) in [6, 6.07) is 0. The molecule has 0 aliphatic carbocycles. The van der Waals surface area contributed by atoms with E-state index >= 15 is 0 Å². The van der Waals surface area contributed by atoms with E-state index in [0.717, 1.165) is 0 Å². The Hall–Kier alpha value is -0.170. The van der Waals surface area contributed by atoms with Crippen molar-refractivity contribution in [1.82, 2.24) is 0 Å². The van der Waals surface area contributed by atoms with Gasteiger partial charge in [-0.15, -0.1) is 0 Å². The first kappa shape index (κ1) is 13.8. The number of hydrogen-bond acceptors (Lipinski definition) is 4. The lowest BCUT2D eigenvalue weighted by Gasteiger charge is -2.25. The zero-order chi connectivity index (χ0) is 11.6. The maximum Gasteiger partial charge on any atom is 0.267 e. The van der Waals surface area contributed by atoms with Crippen molar-refractivity contribution < 1.29 is 23.2 Å². The lowest BCUT2D eigenvalue weighted by Crippen LogP contribution is -2.36. The van der Waals surface area contributed by atoms with Crippen molar-refractivity contribution in [3.8, 4) is 0 Å². The summed E-state index contributed by atoms with van der Waals surface area (Å²) in [5.41, 5.74) is -2.46. The molecule has 0 aliphatic heterocycles. The summed E-state index contributed by atoms with van der Waals surface area (Å²) in [6.07, 6.45) is 0.367. The minimum Gasteiger partial charge on any atom is -0.390 e. The largest absolute Gasteiger partial charge is 0.390 e. The van der Waals surface area contributed by atoms with Crippen molar-refractivity contribution in [2.75, 3.05) is 5.75 Å². The molecule has 0 amide bonds. The summed E-state index contributed by atoms with van der Waals surface area (Å²) in [5.74, 6) is -0.712. The molecule has 0 spiro atoms. The lowest BCUT2D eigenvalue weighted by atomic mass is 9.94. The molecule has 0 saturated carbocycles. The number of aliphatic hydroxyl groups is 2. The molecule has 5 nitrogen and oxygen atoms in total. The number of rotatable bonds is 5. The molecule has 86 valence electrons. The standard InChI is InChI=1S/C8H18O5S/c1-7(2,9)4-5-8(3,10)6-14(11,12)13/h9-10H,4-6H2,1-3H3,(H,11,12,13). The van der Waals surface area contributed by atoms with Crippen LogP contribution in [0.2, 0.25) is 0 Å². The van der Waals surface area contributed by atoms with E-state index in [0.29, 0.717) is 0 Å². The summed E-state index contributed by atoms with van der Waals surface area (Å²) in [6.45, 7) is 4.44. The SMILES string of the molecule is CC(C)(O)CCC(C)(O)CS(=O)(=O)O. The van der Waals surface area contributed by atoms with Crippen LogP contribution in [0.15, 0.2) is 0 Å². The van der Waals surface area contributed by atoms with E-state index in [9.17, 15) is 18.6 Å². The van der Waals surface area contributed by atoms with Gasteiger partial charge < -0.3 is 10.2 Å². The smallest absolute Gasteiger partial charge is 0.267 e. The Balaban J connectivity index is 4.23. The zero-order valence-corrected chi connectivity index (χ0v) is 9.50. The Kier molecular flexibility index (Phi) is 4.09. The van der Waals surface area contributed by atoms with E-state index < -0.39 is 27.1 Å². The maximum atomic E-state index is 10.5. The minimum absolute atomic E-state index is 0.107. The monoisotopic (exact) mass is 226 g/mol.